The highest BCUT2D eigenvalue weighted by Gasteiger charge is 2.42. The second-order valence-electron chi connectivity index (χ2n) is 8.81. The van der Waals surface area contributed by atoms with Crippen molar-refractivity contribution < 1.29 is 9.59 Å². The summed E-state index contributed by atoms with van der Waals surface area (Å²) in [5, 5.41) is 2.96. The van der Waals surface area contributed by atoms with Crippen molar-refractivity contribution >= 4 is 17.6 Å². The summed E-state index contributed by atoms with van der Waals surface area (Å²) < 4.78 is 0. The normalized spacial score (nSPS) is 30.1. The third-order valence-corrected chi connectivity index (χ3v) is 6.91. The lowest BCUT2D eigenvalue weighted by Crippen LogP contribution is -2.55. The number of carbonyl (C=O) groups is 2. The maximum Gasteiger partial charge on any atom is 0.321 e. The molecule has 1 aromatic rings. The molecule has 28 heavy (non-hydrogen) atoms. The number of nitrogens with two attached hydrogens (primary N) is 1. The van der Waals surface area contributed by atoms with Crippen molar-refractivity contribution in [2.24, 2.45) is 23.5 Å². The summed E-state index contributed by atoms with van der Waals surface area (Å²) in [4.78, 5) is 29.4. The van der Waals surface area contributed by atoms with Crippen LogP contribution in [0.4, 0.5) is 10.5 Å². The molecule has 3 fully saturated rings. The number of rotatable bonds is 2. The van der Waals surface area contributed by atoms with Crippen LogP contribution in [0.5, 0.6) is 0 Å². The lowest BCUT2D eigenvalue weighted by molar-refractivity contribution is -0.140. The van der Waals surface area contributed by atoms with Crippen molar-refractivity contribution in [2.45, 2.75) is 45.1 Å². The molecule has 3 amide bonds. The number of benzene rings is 1. The lowest BCUT2D eigenvalue weighted by atomic mass is 9.65. The van der Waals surface area contributed by atoms with Gasteiger partial charge >= 0.3 is 6.03 Å². The number of urea groups is 1. The zero-order valence-corrected chi connectivity index (χ0v) is 16.8. The highest BCUT2D eigenvalue weighted by Crippen LogP contribution is 2.42. The number of hydrogen-bond acceptors (Lipinski definition) is 3. The van der Waals surface area contributed by atoms with Gasteiger partial charge in [0.2, 0.25) is 5.91 Å². The molecule has 3 N–H and O–H groups in total. The van der Waals surface area contributed by atoms with Crippen LogP contribution in [-0.4, -0.2) is 54.0 Å². The smallest absolute Gasteiger partial charge is 0.321 e. The number of nitrogens with zero attached hydrogens (tertiary/aromatic N) is 2. The monoisotopic (exact) mass is 384 g/mol. The number of piperazine rings is 1. The van der Waals surface area contributed by atoms with Crippen LogP contribution < -0.4 is 11.1 Å². The van der Waals surface area contributed by atoms with Gasteiger partial charge in [-0.3, -0.25) is 4.79 Å². The standard InChI is InChI=1S/C22H32N4O2/c1-15-4-2-7-19(12-15)24-22(28)26-10-8-25(9-11-26)21(27)18-13-16-5-3-6-17(14-18)20(16)23/h2,4,7,12,16-18,20H,3,5-6,8-11,13-14,23H2,1H3,(H,24,28). The van der Waals surface area contributed by atoms with Crippen LogP contribution in [0.15, 0.2) is 24.3 Å². The van der Waals surface area contributed by atoms with E-state index in [2.05, 4.69) is 5.32 Å². The van der Waals surface area contributed by atoms with Gasteiger partial charge < -0.3 is 20.9 Å². The Kier molecular flexibility index (Phi) is 5.58. The van der Waals surface area contributed by atoms with Crippen molar-refractivity contribution in [2.75, 3.05) is 31.5 Å². The van der Waals surface area contributed by atoms with Gasteiger partial charge in [0.05, 0.1) is 0 Å². The van der Waals surface area contributed by atoms with Gasteiger partial charge in [0, 0.05) is 43.8 Å². The van der Waals surface area contributed by atoms with Crippen molar-refractivity contribution in [1.29, 1.82) is 0 Å². The van der Waals surface area contributed by atoms with Crippen LogP contribution >= 0.6 is 0 Å². The van der Waals surface area contributed by atoms with Gasteiger partial charge in [-0.25, -0.2) is 4.79 Å². The predicted octanol–water partition coefficient (Wildman–Crippen LogP) is 2.82. The van der Waals surface area contributed by atoms with Gasteiger partial charge in [-0.05, 0) is 62.1 Å². The summed E-state index contributed by atoms with van der Waals surface area (Å²) >= 11 is 0. The van der Waals surface area contributed by atoms with E-state index in [1.54, 1.807) is 4.90 Å². The number of hydrogen-bond donors (Lipinski definition) is 2. The number of fused-ring (bicyclic) bond motifs is 2. The molecule has 4 rings (SSSR count). The van der Waals surface area contributed by atoms with Crippen LogP contribution in [0.25, 0.3) is 0 Å². The summed E-state index contributed by atoms with van der Waals surface area (Å²) in [6.45, 7) is 4.42. The Balaban J connectivity index is 1.29. The first-order chi connectivity index (χ1) is 13.5. The van der Waals surface area contributed by atoms with Crippen LogP contribution in [0.2, 0.25) is 0 Å². The Labute approximate surface area is 167 Å². The fourth-order valence-electron chi connectivity index (χ4n) is 5.30. The van der Waals surface area contributed by atoms with Crippen LogP contribution in [-0.2, 0) is 4.79 Å². The summed E-state index contributed by atoms with van der Waals surface area (Å²) in [6, 6.07) is 8.01. The molecule has 0 spiro atoms. The summed E-state index contributed by atoms with van der Waals surface area (Å²) in [6.07, 6.45) is 5.51. The SMILES string of the molecule is Cc1cccc(NC(=O)N2CCN(C(=O)C3CC4CCCC(C3)C4N)CC2)c1. The fourth-order valence-corrected chi connectivity index (χ4v) is 5.30. The van der Waals surface area contributed by atoms with E-state index < -0.39 is 0 Å². The summed E-state index contributed by atoms with van der Waals surface area (Å²) in [5.41, 5.74) is 8.30. The van der Waals surface area contributed by atoms with E-state index in [9.17, 15) is 9.59 Å². The molecule has 1 aromatic carbocycles. The average molecular weight is 385 g/mol. The molecule has 0 radical (unpaired) electrons. The molecule has 0 aromatic heterocycles. The second-order valence-corrected chi connectivity index (χ2v) is 8.81. The molecule has 2 atom stereocenters. The summed E-state index contributed by atoms with van der Waals surface area (Å²) in [7, 11) is 0. The molecule has 2 aliphatic carbocycles. The molecular formula is C22H32N4O2. The molecule has 1 saturated heterocycles. The Bertz CT molecular complexity index is 715. The quantitative estimate of drug-likeness (QED) is 0.823. The maximum absolute atomic E-state index is 13.1. The van der Waals surface area contributed by atoms with Crippen molar-refractivity contribution in [1.82, 2.24) is 9.80 Å². The highest BCUT2D eigenvalue weighted by atomic mass is 16.2. The van der Waals surface area contributed by atoms with E-state index in [0.717, 1.165) is 24.1 Å². The first-order valence-corrected chi connectivity index (χ1v) is 10.7. The zero-order chi connectivity index (χ0) is 19.7. The number of amides is 3. The van der Waals surface area contributed by atoms with E-state index in [4.69, 9.17) is 5.73 Å². The number of nitrogens with one attached hydrogen (secondary N) is 1. The molecule has 1 aliphatic heterocycles. The number of carbonyl (C=O) groups excluding carboxylic acids is 2. The van der Waals surface area contributed by atoms with Crippen molar-refractivity contribution in [3.8, 4) is 0 Å². The molecule has 6 nitrogen and oxygen atoms in total. The third-order valence-electron chi connectivity index (χ3n) is 6.91. The fraction of sp³-hybridized carbons (Fsp3) is 0.636. The Morgan fingerprint density at radius 1 is 1.04 bits per heavy atom. The summed E-state index contributed by atoms with van der Waals surface area (Å²) in [5.74, 6) is 1.44. The van der Waals surface area contributed by atoms with Crippen LogP contribution in [0, 0.1) is 24.7 Å². The molecule has 2 unspecified atom stereocenters. The molecule has 2 saturated carbocycles. The molecule has 3 aliphatic rings. The lowest BCUT2D eigenvalue weighted by Gasteiger charge is -2.45. The van der Waals surface area contributed by atoms with Gasteiger partial charge in [-0.15, -0.1) is 0 Å². The Morgan fingerprint density at radius 2 is 1.68 bits per heavy atom. The number of aryl methyl sites for hydroxylation is 1. The largest absolute Gasteiger partial charge is 0.339 e. The highest BCUT2D eigenvalue weighted by molar-refractivity contribution is 5.89. The minimum atomic E-state index is -0.0872. The van der Waals surface area contributed by atoms with E-state index in [0.29, 0.717) is 44.1 Å². The predicted molar refractivity (Wildman–Crippen MR) is 110 cm³/mol. The number of anilines is 1. The van der Waals surface area contributed by atoms with Crippen molar-refractivity contribution in [3.05, 3.63) is 29.8 Å². The van der Waals surface area contributed by atoms with Gasteiger partial charge in [-0.2, -0.15) is 0 Å². The Morgan fingerprint density at radius 3 is 2.32 bits per heavy atom. The minimum absolute atomic E-state index is 0.0872. The second kappa shape index (κ2) is 8.11. The molecule has 2 bridgehead atoms. The maximum atomic E-state index is 13.1. The van der Waals surface area contributed by atoms with Gasteiger partial charge in [0.25, 0.3) is 0 Å². The van der Waals surface area contributed by atoms with Gasteiger partial charge in [0.1, 0.15) is 0 Å². The first-order valence-electron chi connectivity index (χ1n) is 10.7. The topological polar surface area (TPSA) is 78.7 Å². The molecular weight excluding hydrogens is 352 g/mol. The van der Waals surface area contributed by atoms with Gasteiger partial charge in [0.15, 0.2) is 0 Å². The first kappa shape index (κ1) is 19.2. The third kappa shape index (κ3) is 4.02. The Hall–Kier alpha value is -2.08. The molecule has 152 valence electrons. The van der Waals surface area contributed by atoms with E-state index in [1.807, 2.05) is 36.1 Å². The molecule has 1 heterocycles. The van der Waals surface area contributed by atoms with E-state index in [-0.39, 0.29) is 17.9 Å². The van der Waals surface area contributed by atoms with E-state index >= 15 is 0 Å². The zero-order valence-electron chi connectivity index (χ0n) is 16.8. The van der Waals surface area contributed by atoms with Crippen LogP contribution in [0.3, 0.4) is 0 Å². The van der Waals surface area contributed by atoms with Crippen molar-refractivity contribution in [3.63, 3.8) is 0 Å². The van der Waals surface area contributed by atoms with Gasteiger partial charge in [-0.1, -0.05) is 18.6 Å². The average Bonchev–Trinajstić information content (AvgIpc) is 2.67. The molecule has 6 heteroatoms. The van der Waals surface area contributed by atoms with E-state index in [1.165, 1.54) is 19.3 Å². The van der Waals surface area contributed by atoms with Crippen LogP contribution in [0.1, 0.15) is 37.7 Å². The minimum Gasteiger partial charge on any atom is -0.339 e.